The van der Waals surface area contributed by atoms with Gasteiger partial charge in [0.25, 0.3) is 5.91 Å². The van der Waals surface area contributed by atoms with Crippen LogP contribution in [0.5, 0.6) is 0 Å². The van der Waals surface area contributed by atoms with Crippen LogP contribution in [-0.2, 0) is 14.3 Å². The maximum atomic E-state index is 11.9. The lowest BCUT2D eigenvalue weighted by Gasteiger charge is -2.08. The van der Waals surface area contributed by atoms with E-state index in [0.29, 0.717) is 30.8 Å². The van der Waals surface area contributed by atoms with E-state index in [4.69, 9.17) is 0 Å². The van der Waals surface area contributed by atoms with Gasteiger partial charge in [-0.1, -0.05) is 6.92 Å². The number of anilines is 1. The van der Waals surface area contributed by atoms with E-state index in [1.807, 2.05) is 6.92 Å². The normalized spacial score (nSPS) is 10.0. The Morgan fingerprint density at radius 1 is 1.00 bits per heavy atom. The molecule has 23 heavy (non-hydrogen) atoms. The number of methoxy groups -OCH3 is 1. The molecular formula is C16H23N3O4. The van der Waals surface area contributed by atoms with E-state index < -0.39 is 0 Å². The number of ether oxygens (including phenoxy) is 1. The molecule has 3 N–H and O–H groups in total. The zero-order valence-corrected chi connectivity index (χ0v) is 13.5. The summed E-state index contributed by atoms with van der Waals surface area (Å²) in [6.07, 6.45) is 1.25. The molecule has 0 heterocycles. The highest BCUT2D eigenvalue weighted by Gasteiger charge is 2.06. The topological polar surface area (TPSA) is 96.5 Å². The Hall–Kier alpha value is -2.41. The number of benzene rings is 1. The van der Waals surface area contributed by atoms with Crippen LogP contribution in [0.2, 0.25) is 0 Å². The van der Waals surface area contributed by atoms with Gasteiger partial charge < -0.3 is 20.7 Å². The van der Waals surface area contributed by atoms with E-state index in [2.05, 4.69) is 20.7 Å². The molecule has 0 saturated carbocycles. The number of nitrogens with one attached hydrogen (secondary N) is 3. The van der Waals surface area contributed by atoms with Crippen molar-refractivity contribution in [2.24, 2.45) is 0 Å². The third kappa shape index (κ3) is 7.42. The average Bonchev–Trinajstić information content (AvgIpc) is 2.52. The van der Waals surface area contributed by atoms with Crippen molar-refractivity contribution >= 4 is 23.4 Å². The molecule has 0 aromatic heterocycles. The smallest absolute Gasteiger partial charge is 0.251 e. The van der Waals surface area contributed by atoms with Gasteiger partial charge in [-0.15, -0.1) is 0 Å². The molecule has 7 nitrogen and oxygen atoms in total. The fourth-order valence-corrected chi connectivity index (χ4v) is 1.82. The molecule has 1 rings (SSSR count). The van der Waals surface area contributed by atoms with Crippen LogP contribution in [0.25, 0.3) is 0 Å². The third-order valence-electron chi connectivity index (χ3n) is 2.92. The molecular weight excluding hydrogens is 298 g/mol. The van der Waals surface area contributed by atoms with E-state index in [0.717, 1.165) is 6.42 Å². The number of carbonyl (C=O) groups is 3. The highest BCUT2D eigenvalue weighted by molar-refractivity contribution is 5.95. The standard InChI is InChI=1S/C16H23N3O4/c1-3-4-14(20)19-13-7-5-12(6-8-13)16(22)18-10-9-17-15(21)11-23-2/h5-8H,3-4,9-11H2,1-2H3,(H,17,21)(H,18,22)(H,19,20). The zero-order chi connectivity index (χ0) is 17.1. The van der Waals surface area contributed by atoms with E-state index in [-0.39, 0.29) is 24.3 Å². The molecule has 7 heteroatoms. The molecule has 0 saturated heterocycles. The highest BCUT2D eigenvalue weighted by atomic mass is 16.5. The fraction of sp³-hybridized carbons (Fsp3) is 0.438. The molecule has 0 aliphatic heterocycles. The van der Waals surface area contributed by atoms with Crippen molar-refractivity contribution < 1.29 is 19.1 Å². The lowest BCUT2D eigenvalue weighted by atomic mass is 10.2. The van der Waals surface area contributed by atoms with Gasteiger partial charge in [-0.25, -0.2) is 0 Å². The largest absolute Gasteiger partial charge is 0.375 e. The highest BCUT2D eigenvalue weighted by Crippen LogP contribution is 2.10. The monoisotopic (exact) mass is 321 g/mol. The SMILES string of the molecule is CCCC(=O)Nc1ccc(C(=O)NCCNC(=O)COC)cc1. The van der Waals surface area contributed by atoms with Crippen LogP contribution in [0.1, 0.15) is 30.1 Å². The second-order valence-corrected chi connectivity index (χ2v) is 4.91. The maximum Gasteiger partial charge on any atom is 0.251 e. The van der Waals surface area contributed by atoms with E-state index in [1.54, 1.807) is 24.3 Å². The van der Waals surface area contributed by atoms with E-state index in [1.165, 1.54) is 7.11 Å². The van der Waals surface area contributed by atoms with Crippen LogP contribution in [0.3, 0.4) is 0 Å². The van der Waals surface area contributed by atoms with Crippen LogP contribution in [-0.4, -0.2) is 44.5 Å². The minimum Gasteiger partial charge on any atom is -0.375 e. The van der Waals surface area contributed by atoms with Gasteiger partial charge in [-0.05, 0) is 30.7 Å². The summed E-state index contributed by atoms with van der Waals surface area (Å²) >= 11 is 0. The van der Waals surface area contributed by atoms with Crippen molar-refractivity contribution in [1.29, 1.82) is 0 Å². The molecule has 0 atom stereocenters. The predicted octanol–water partition coefficient (Wildman–Crippen LogP) is 0.918. The summed E-state index contributed by atoms with van der Waals surface area (Å²) < 4.78 is 4.68. The van der Waals surface area contributed by atoms with Crippen molar-refractivity contribution in [3.8, 4) is 0 Å². The van der Waals surface area contributed by atoms with Crippen LogP contribution < -0.4 is 16.0 Å². The summed E-state index contributed by atoms with van der Waals surface area (Å²) in [7, 11) is 1.44. The van der Waals surface area contributed by atoms with Crippen molar-refractivity contribution in [3.63, 3.8) is 0 Å². The van der Waals surface area contributed by atoms with Crippen molar-refractivity contribution in [2.75, 3.05) is 32.1 Å². The first kappa shape index (κ1) is 18.6. The van der Waals surface area contributed by atoms with Gasteiger partial charge in [0, 0.05) is 37.9 Å². The summed E-state index contributed by atoms with van der Waals surface area (Å²) in [6, 6.07) is 6.65. The third-order valence-corrected chi connectivity index (χ3v) is 2.92. The first-order valence-corrected chi connectivity index (χ1v) is 7.50. The molecule has 3 amide bonds. The van der Waals surface area contributed by atoms with Gasteiger partial charge >= 0.3 is 0 Å². The summed E-state index contributed by atoms with van der Waals surface area (Å²) in [5, 5.41) is 8.06. The van der Waals surface area contributed by atoms with Gasteiger partial charge in [0.15, 0.2) is 0 Å². The minimum atomic E-state index is -0.238. The van der Waals surface area contributed by atoms with Crippen LogP contribution in [0, 0.1) is 0 Å². The Morgan fingerprint density at radius 2 is 1.65 bits per heavy atom. The number of carbonyl (C=O) groups excluding carboxylic acids is 3. The first-order chi connectivity index (χ1) is 11.1. The second kappa shape index (κ2) is 10.3. The lowest BCUT2D eigenvalue weighted by molar-refractivity contribution is -0.124. The molecule has 0 fully saturated rings. The first-order valence-electron chi connectivity index (χ1n) is 7.50. The average molecular weight is 321 g/mol. The number of hydrogen-bond donors (Lipinski definition) is 3. The summed E-state index contributed by atoms with van der Waals surface area (Å²) in [5.41, 5.74) is 1.15. The van der Waals surface area contributed by atoms with Gasteiger partial charge in [0.1, 0.15) is 6.61 Å². The van der Waals surface area contributed by atoms with Gasteiger partial charge in [-0.2, -0.15) is 0 Å². The minimum absolute atomic E-state index is 0.000833. The number of hydrogen-bond acceptors (Lipinski definition) is 4. The fourth-order valence-electron chi connectivity index (χ4n) is 1.82. The van der Waals surface area contributed by atoms with Crippen molar-refractivity contribution in [2.45, 2.75) is 19.8 Å². The summed E-state index contributed by atoms with van der Waals surface area (Å²) in [6.45, 7) is 2.59. The van der Waals surface area contributed by atoms with Gasteiger partial charge in [-0.3, -0.25) is 14.4 Å². The summed E-state index contributed by atoms with van der Waals surface area (Å²) in [5.74, 6) is -0.511. The van der Waals surface area contributed by atoms with Crippen molar-refractivity contribution in [1.82, 2.24) is 10.6 Å². The Kier molecular flexibility index (Phi) is 8.38. The number of amides is 3. The van der Waals surface area contributed by atoms with Gasteiger partial charge in [0.2, 0.25) is 11.8 Å². The van der Waals surface area contributed by atoms with Crippen LogP contribution in [0.4, 0.5) is 5.69 Å². The lowest BCUT2D eigenvalue weighted by Crippen LogP contribution is -2.36. The van der Waals surface area contributed by atoms with Gasteiger partial charge in [0.05, 0.1) is 0 Å². The Bertz CT molecular complexity index is 529. The molecule has 0 radical (unpaired) electrons. The predicted molar refractivity (Wildman–Crippen MR) is 87.2 cm³/mol. The molecule has 126 valence electrons. The second-order valence-electron chi connectivity index (χ2n) is 4.91. The van der Waals surface area contributed by atoms with Crippen LogP contribution in [0.15, 0.2) is 24.3 Å². The molecule has 0 unspecified atom stereocenters. The number of rotatable bonds is 9. The zero-order valence-electron chi connectivity index (χ0n) is 13.5. The molecule has 0 aliphatic carbocycles. The maximum absolute atomic E-state index is 11.9. The molecule has 1 aromatic carbocycles. The quantitative estimate of drug-likeness (QED) is 0.589. The van der Waals surface area contributed by atoms with Crippen molar-refractivity contribution in [3.05, 3.63) is 29.8 Å². The molecule has 0 bridgehead atoms. The molecule has 0 aliphatic rings. The molecule has 1 aromatic rings. The van der Waals surface area contributed by atoms with E-state index in [9.17, 15) is 14.4 Å². The van der Waals surface area contributed by atoms with Crippen LogP contribution >= 0.6 is 0 Å². The summed E-state index contributed by atoms with van der Waals surface area (Å²) in [4.78, 5) is 34.5. The van der Waals surface area contributed by atoms with E-state index >= 15 is 0 Å². The molecule has 0 spiro atoms. The Labute approximate surface area is 135 Å². The Balaban J connectivity index is 2.36. The Morgan fingerprint density at radius 3 is 2.26 bits per heavy atom.